The van der Waals surface area contributed by atoms with Crippen molar-refractivity contribution in [1.29, 1.82) is 0 Å². The number of rotatable bonds is 7. The van der Waals surface area contributed by atoms with Crippen LogP contribution in [0.5, 0.6) is 0 Å². The molecule has 3 heterocycles. The molecule has 1 saturated heterocycles. The zero-order valence-electron chi connectivity index (χ0n) is 14.2. The Morgan fingerprint density at radius 2 is 2.27 bits per heavy atom. The first-order valence-corrected chi connectivity index (χ1v) is 9.21. The van der Waals surface area contributed by atoms with E-state index in [-0.39, 0.29) is 0 Å². The third kappa shape index (κ3) is 4.29. The van der Waals surface area contributed by atoms with Gasteiger partial charge in [-0.2, -0.15) is 9.61 Å². The van der Waals surface area contributed by atoms with Gasteiger partial charge in [-0.25, -0.2) is 4.98 Å². The first kappa shape index (κ1) is 18.6. The molecule has 0 saturated carbocycles. The van der Waals surface area contributed by atoms with Gasteiger partial charge in [0, 0.05) is 36.0 Å². The standard InChI is InChI=1S/C17H21BrN6O2/c18-14-10-21-24-16(20-9-12(11-25)2-1-5-22-26)8-15(23-17(14)24)13-3-6-19-7-4-13/h1-2,5,8,10-11,13,19-20,22,26H,3-4,6-7,9H2/b5-1-,12-2-. The lowest BCUT2D eigenvalue weighted by atomic mass is 9.94. The molecule has 0 unspecified atom stereocenters. The average molecular weight is 421 g/mol. The van der Waals surface area contributed by atoms with Crippen LogP contribution >= 0.6 is 15.9 Å². The molecule has 2 aromatic heterocycles. The van der Waals surface area contributed by atoms with Crippen molar-refractivity contribution < 1.29 is 10.0 Å². The lowest BCUT2D eigenvalue weighted by Crippen LogP contribution is -2.27. The Labute approximate surface area is 159 Å². The lowest BCUT2D eigenvalue weighted by molar-refractivity contribution is -0.104. The van der Waals surface area contributed by atoms with E-state index in [0.29, 0.717) is 18.0 Å². The number of nitrogens with one attached hydrogen (secondary N) is 3. The van der Waals surface area contributed by atoms with Crippen molar-refractivity contribution in [2.45, 2.75) is 18.8 Å². The van der Waals surface area contributed by atoms with Crippen molar-refractivity contribution in [2.75, 3.05) is 25.0 Å². The largest absolute Gasteiger partial charge is 0.366 e. The number of hydroxylamine groups is 1. The highest BCUT2D eigenvalue weighted by Gasteiger charge is 2.19. The summed E-state index contributed by atoms with van der Waals surface area (Å²) in [5, 5.41) is 19.5. The maximum Gasteiger partial charge on any atom is 0.171 e. The number of piperidine rings is 1. The van der Waals surface area contributed by atoms with E-state index in [1.165, 1.54) is 6.20 Å². The highest BCUT2D eigenvalue weighted by molar-refractivity contribution is 9.10. The number of aldehydes is 1. The Morgan fingerprint density at radius 1 is 1.46 bits per heavy atom. The third-order valence-corrected chi connectivity index (χ3v) is 4.87. The summed E-state index contributed by atoms with van der Waals surface area (Å²) in [6.45, 7) is 2.31. The lowest BCUT2D eigenvalue weighted by Gasteiger charge is -2.23. The summed E-state index contributed by atoms with van der Waals surface area (Å²) in [5.41, 5.74) is 4.22. The number of nitrogens with zero attached hydrogens (tertiary/aromatic N) is 3. The van der Waals surface area contributed by atoms with E-state index in [9.17, 15) is 4.79 Å². The van der Waals surface area contributed by atoms with Crippen molar-refractivity contribution in [3.8, 4) is 0 Å². The number of hydrogen-bond acceptors (Lipinski definition) is 7. The summed E-state index contributed by atoms with van der Waals surface area (Å²) >= 11 is 3.50. The summed E-state index contributed by atoms with van der Waals surface area (Å²) in [6, 6.07) is 2.01. The molecule has 2 aromatic rings. The Hall–Kier alpha value is -2.23. The molecule has 8 nitrogen and oxygen atoms in total. The van der Waals surface area contributed by atoms with Gasteiger partial charge < -0.3 is 10.6 Å². The minimum absolute atomic E-state index is 0.335. The quantitative estimate of drug-likeness (QED) is 0.235. The topological polar surface area (TPSA) is 104 Å². The smallest absolute Gasteiger partial charge is 0.171 e. The van der Waals surface area contributed by atoms with Crippen molar-refractivity contribution in [3.05, 3.63) is 46.4 Å². The van der Waals surface area contributed by atoms with Gasteiger partial charge in [0.1, 0.15) is 12.1 Å². The minimum atomic E-state index is 0.335. The number of carbonyl (C=O) groups excluding carboxylic acids is 1. The fraction of sp³-hybridized carbons (Fsp3) is 0.353. The number of allylic oxidation sites excluding steroid dienone is 2. The summed E-state index contributed by atoms with van der Waals surface area (Å²) < 4.78 is 2.56. The molecule has 0 atom stereocenters. The van der Waals surface area contributed by atoms with Crippen LogP contribution in [0.2, 0.25) is 0 Å². The average Bonchev–Trinajstić information content (AvgIpc) is 3.06. The van der Waals surface area contributed by atoms with Crippen LogP contribution in [0, 0.1) is 0 Å². The predicted molar refractivity (Wildman–Crippen MR) is 102 cm³/mol. The van der Waals surface area contributed by atoms with Crippen molar-refractivity contribution >= 4 is 33.7 Å². The van der Waals surface area contributed by atoms with Crippen molar-refractivity contribution in [1.82, 2.24) is 25.4 Å². The molecule has 3 rings (SSSR count). The van der Waals surface area contributed by atoms with Gasteiger partial charge in [-0.1, -0.05) is 6.08 Å². The van der Waals surface area contributed by atoms with E-state index < -0.39 is 0 Å². The molecule has 1 aliphatic rings. The van der Waals surface area contributed by atoms with E-state index in [2.05, 4.69) is 31.7 Å². The van der Waals surface area contributed by atoms with Crippen LogP contribution < -0.4 is 16.1 Å². The van der Waals surface area contributed by atoms with Crippen molar-refractivity contribution in [2.24, 2.45) is 0 Å². The second-order valence-electron chi connectivity index (χ2n) is 6.02. The van der Waals surface area contributed by atoms with E-state index in [0.717, 1.165) is 53.8 Å². The zero-order chi connectivity index (χ0) is 18.4. The molecule has 0 bridgehead atoms. The molecule has 9 heteroatoms. The number of carbonyl (C=O) groups is 1. The van der Waals surface area contributed by atoms with Crippen LogP contribution in [-0.4, -0.2) is 45.7 Å². The Bertz CT molecular complexity index is 826. The van der Waals surface area contributed by atoms with Gasteiger partial charge in [0.05, 0.1) is 10.7 Å². The number of aromatic nitrogens is 3. The minimum Gasteiger partial charge on any atom is -0.366 e. The van der Waals surface area contributed by atoms with Crippen LogP contribution in [0.25, 0.3) is 5.65 Å². The Kier molecular flexibility index (Phi) is 6.37. The van der Waals surface area contributed by atoms with Crippen LogP contribution in [0.1, 0.15) is 24.5 Å². The molecule has 26 heavy (non-hydrogen) atoms. The number of anilines is 1. The predicted octanol–water partition coefficient (Wildman–Crippen LogP) is 1.99. The molecular weight excluding hydrogens is 400 g/mol. The zero-order valence-corrected chi connectivity index (χ0v) is 15.7. The molecular formula is C17H21BrN6O2. The van der Waals surface area contributed by atoms with E-state index in [4.69, 9.17) is 10.2 Å². The summed E-state index contributed by atoms with van der Waals surface area (Å²) in [7, 11) is 0. The summed E-state index contributed by atoms with van der Waals surface area (Å²) in [5.74, 6) is 1.19. The van der Waals surface area contributed by atoms with Gasteiger partial charge >= 0.3 is 0 Å². The van der Waals surface area contributed by atoms with Gasteiger partial charge in [-0.05, 0) is 47.9 Å². The molecule has 0 radical (unpaired) electrons. The second-order valence-corrected chi connectivity index (χ2v) is 6.87. The first-order valence-electron chi connectivity index (χ1n) is 8.42. The third-order valence-electron chi connectivity index (χ3n) is 4.31. The molecule has 0 aromatic carbocycles. The highest BCUT2D eigenvalue weighted by Crippen LogP contribution is 2.28. The fourth-order valence-corrected chi connectivity index (χ4v) is 3.30. The molecule has 0 spiro atoms. The van der Waals surface area contributed by atoms with Crippen LogP contribution in [0.4, 0.5) is 5.82 Å². The highest BCUT2D eigenvalue weighted by atomic mass is 79.9. The SMILES string of the molecule is O=C/C(=C\C=C/NO)CNc1cc(C2CCNCC2)nc2c(Br)cnn12. The van der Waals surface area contributed by atoms with Gasteiger partial charge in [0.25, 0.3) is 0 Å². The van der Waals surface area contributed by atoms with Gasteiger partial charge in [0.2, 0.25) is 0 Å². The molecule has 0 amide bonds. The van der Waals surface area contributed by atoms with Crippen LogP contribution in [0.3, 0.4) is 0 Å². The maximum atomic E-state index is 11.2. The Balaban J connectivity index is 1.87. The van der Waals surface area contributed by atoms with Gasteiger partial charge in [-0.15, -0.1) is 0 Å². The number of fused-ring (bicyclic) bond motifs is 1. The second kappa shape index (κ2) is 8.93. The van der Waals surface area contributed by atoms with Gasteiger partial charge in [-0.3, -0.25) is 15.5 Å². The number of halogens is 1. The van der Waals surface area contributed by atoms with E-state index in [1.54, 1.807) is 22.9 Å². The first-order chi connectivity index (χ1) is 12.7. The summed E-state index contributed by atoms with van der Waals surface area (Å²) in [4.78, 5) is 16.0. The van der Waals surface area contributed by atoms with Crippen LogP contribution in [-0.2, 0) is 4.79 Å². The van der Waals surface area contributed by atoms with E-state index >= 15 is 0 Å². The molecule has 1 aliphatic heterocycles. The van der Waals surface area contributed by atoms with Crippen molar-refractivity contribution in [3.63, 3.8) is 0 Å². The molecule has 138 valence electrons. The Morgan fingerprint density at radius 3 is 3.00 bits per heavy atom. The maximum absolute atomic E-state index is 11.2. The molecule has 1 fully saturated rings. The molecule has 0 aliphatic carbocycles. The fourth-order valence-electron chi connectivity index (χ4n) is 2.95. The normalized spacial score (nSPS) is 16.3. The number of hydrogen-bond donors (Lipinski definition) is 4. The van der Waals surface area contributed by atoms with Crippen LogP contribution in [0.15, 0.2) is 40.7 Å². The summed E-state index contributed by atoms with van der Waals surface area (Å²) in [6.07, 6.45) is 9.09. The molecule has 4 N–H and O–H groups in total. The van der Waals surface area contributed by atoms with Gasteiger partial charge in [0.15, 0.2) is 5.65 Å². The monoisotopic (exact) mass is 420 g/mol. The van der Waals surface area contributed by atoms with E-state index in [1.807, 2.05) is 11.5 Å².